The van der Waals surface area contributed by atoms with Gasteiger partial charge >= 0.3 is 0 Å². The first kappa shape index (κ1) is 16.9. The number of amides is 1. The zero-order valence-electron chi connectivity index (χ0n) is 12.8. The number of halogens is 1. The van der Waals surface area contributed by atoms with Gasteiger partial charge in [-0.05, 0) is 38.5 Å². The summed E-state index contributed by atoms with van der Waals surface area (Å²) in [6.45, 7) is 5.72. The lowest BCUT2D eigenvalue weighted by Crippen LogP contribution is -2.41. The van der Waals surface area contributed by atoms with Crippen LogP contribution in [0.25, 0.3) is 0 Å². The summed E-state index contributed by atoms with van der Waals surface area (Å²) in [7, 11) is 0. The van der Waals surface area contributed by atoms with Gasteiger partial charge in [0.25, 0.3) is 0 Å². The summed E-state index contributed by atoms with van der Waals surface area (Å²) < 4.78 is 0. The summed E-state index contributed by atoms with van der Waals surface area (Å²) in [4.78, 5) is 16.6. The van der Waals surface area contributed by atoms with Crippen molar-refractivity contribution in [2.75, 3.05) is 0 Å². The van der Waals surface area contributed by atoms with E-state index in [1.165, 1.54) is 11.3 Å². The lowest BCUT2D eigenvalue weighted by molar-refractivity contribution is -0.124. The van der Waals surface area contributed by atoms with E-state index in [1.54, 1.807) is 24.3 Å². The number of benzene rings is 1. The number of carbonyl (C=O) groups is 1. The van der Waals surface area contributed by atoms with Gasteiger partial charge in [0, 0.05) is 16.1 Å². The molecule has 4 nitrogen and oxygen atoms in total. The molecule has 0 radical (unpaired) electrons. The number of thiazole rings is 1. The Kier molecular flexibility index (Phi) is 5.21. The normalized spacial score (nSPS) is 13.0. The Balaban J connectivity index is 1.98. The summed E-state index contributed by atoms with van der Waals surface area (Å²) in [6, 6.07) is 6.83. The van der Waals surface area contributed by atoms with Gasteiger partial charge in [0.1, 0.15) is 5.01 Å². The molecule has 118 valence electrons. The Morgan fingerprint density at radius 2 is 2.05 bits per heavy atom. The number of aliphatic hydroxyl groups excluding tert-OH is 1. The fraction of sp³-hybridized carbons (Fsp3) is 0.375. The summed E-state index contributed by atoms with van der Waals surface area (Å²) in [5.74, 6) is -0.222. The Morgan fingerprint density at radius 1 is 1.41 bits per heavy atom. The van der Waals surface area contributed by atoms with E-state index >= 15 is 0 Å². The Hall–Kier alpha value is -1.43. The third-order valence-electron chi connectivity index (χ3n) is 3.24. The highest BCUT2D eigenvalue weighted by atomic mass is 35.5. The van der Waals surface area contributed by atoms with Crippen molar-refractivity contribution in [2.45, 2.75) is 38.8 Å². The molecule has 2 aromatic rings. The van der Waals surface area contributed by atoms with Crippen molar-refractivity contribution in [1.29, 1.82) is 0 Å². The lowest BCUT2D eigenvalue weighted by atomic mass is 10.0. The molecular formula is C16H19ClN2O2S. The van der Waals surface area contributed by atoms with Gasteiger partial charge < -0.3 is 10.4 Å². The van der Waals surface area contributed by atoms with E-state index < -0.39 is 11.6 Å². The standard InChI is InChI=1S/C16H19ClN2O2S/c1-10-9-22-15(18-10)16(2,3)19-14(21)8-13(20)11-4-6-12(17)7-5-11/h4-7,9,13,20H,8H2,1-3H3,(H,19,21). The Morgan fingerprint density at radius 3 is 2.59 bits per heavy atom. The van der Waals surface area contributed by atoms with Crippen LogP contribution in [0.1, 0.15) is 42.6 Å². The molecule has 1 aromatic carbocycles. The van der Waals surface area contributed by atoms with E-state index in [2.05, 4.69) is 10.3 Å². The first-order valence-electron chi connectivity index (χ1n) is 6.95. The summed E-state index contributed by atoms with van der Waals surface area (Å²) in [5.41, 5.74) is 1.04. The quantitative estimate of drug-likeness (QED) is 0.875. The van der Waals surface area contributed by atoms with Crippen LogP contribution in [-0.2, 0) is 10.3 Å². The Bertz CT molecular complexity index is 652. The SMILES string of the molecule is Cc1csc(C(C)(C)NC(=O)CC(O)c2ccc(Cl)cc2)n1. The number of nitrogens with zero attached hydrogens (tertiary/aromatic N) is 1. The van der Waals surface area contributed by atoms with Gasteiger partial charge in [0.15, 0.2) is 0 Å². The van der Waals surface area contributed by atoms with Gasteiger partial charge in [-0.2, -0.15) is 0 Å². The predicted molar refractivity (Wildman–Crippen MR) is 89.0 cm³/mol. The molecule has 0 fully saturated rings. The largest absolute Gasteiger partial charge is 0.388 e. The fourth-order valence-corrected chi connectivity index (χ4v) is 3.08. The maximum Gasteiger partial charge on any atom is 0.223 e. The van der Waals surface area contributed by atoms with Crippen molar-refractivity contribution >= 4 is 28.8 Å². The maximum atomic E-state index is 12.2. The highest BCUT2D eigenvalue weighted by Crippen LogP contribution is 2.25. The van der Waals surface area contributed by atoms with Crippen LogP contribution in [0.2, 0.25) is 5.02 Å². The molecule has 1 unspecified atom stereocenters. The molecule has 22 heavy (non-hydrogen) atoms. The van der Waals surface area contributed by atoms with Gasteiger partial charge in [0.05, 0.1) is 18.1 Å². The van der Waals surface area contributed by atoms with Crippen LogP contribution in [-0.4, -0.2) is 16.0 Å². The van der Waals surface area contributed by atoms with Gasteiger partial charge in [-0.15, -0.1) is 11.3 Å². The van der Waals surface area contributed by atoms with Crippen molar-refractivity contribution in [1.82, 2.24) is 10.3 Å². The van der Waals surface area contributed by atoms with E-state index in [1.807, 2.05) is 26.2 Å². The highest BCUT2D eigenvalue weighted by molar-refractivity contribution is 7.09. The first-order chi connectivity index (χ1) is 10.3. The van der Waals surface area contributed by atoms with E-state index in [0.717, 1.165) is 10.7 Å². The lowest BCUT2D eigenvalue weighted by Gasteiger charge is -2.24. The van der Waals surface area contributed by atoms with Crippen molar-refractivity contribution in [3.05, 3.63) is 50.9 Å². The van der Waals surface area contributed by atoms with Crippen LogP contribution in [0, 0.1) is 6.92 Å². The molecule has 0 aliphatic rings. The van der Waals surface area contributed by atoms with Gasteiger partial charge in [-0.1, -0.05) is 23.7 Å². The predicted octanol–water partition coefficient (Wildman–Crippen LogP) is 3.58. The molecule has 0 saturated carbocycles. The average molecular weight is 339 g/mol. The number of aromatic nitrogens is 1. The molecule has 0 saturated heterocycles. The number of aryl methyl sites for hydroxylation is 1. The minimum atomic E-state index is -0.855. The molecular weight excluding hydrogens is 320 g/mol. The highest BCUT2D eigenvalue weighted by Gasteiger charge is 2.27. The summed E-state index contributed by atoms with van der Waals surface area (Å²) in [5, 5.41) is 16.5. The number of rotatable bonds is 5. The average Bonchev–Trinajstić information content (AvgIpc) is 2.86. The van der Waals surface area contributed by atoms with Crippen LogP contribution in [0.15, 0.2) is 29.6 Å². The van der Waals surface area contributed by atoms with Gasteiger partial charge in [-0.25, -0.2) is 4.98 Å². The smallest absolute Gasteiger partial charge is 0.223 e. The van der Waals surface area contributed by atoms with Gasteiger partial charge in [0.2, 0.25) is 5.91 Å². The monoisotopic (exact) mass is 338 g/mol. The van der Waals surface area contributed by atoms with Gasteiger partial charge in [-0.3, -0.25) is 4.79 Å². The molecule has 1 aromatic heterocycles. The fourth-order valence-electron chi connectivity index (χ4n) is 2.07. The second kappa shape index (κ2) is 6.77. The van der Waals surface area contributed by atoms with Crippen molar-refractivity contribution in [3.63, 3.8) is 0 Å². The number of nitrogens with one attached hydrogen (secondary N) is 1. The van der Waals surface area contributed by atoms with Crippen molar-refractivity contribution < 1.29 is 9.90 Å². The first-order valence-corrected chi connectivity index (χ1v) is 8.21. The number of aliphatic hydroxyl groups is 1. The molecule has 1 amide bonds. The molecule has 1 atom stereocenters. The minimum Gasteiger partial charge on any atom is -0.388 e. The van der Waals surface area contributed by atoms with Crippen LogP contribution in [0.4, 0.5) is 0 Å². The molecule has 6 heteroatoms. The third kappa shape index (κ3) is 4.29. The van der Waals surface area contributed by atoms with E-state index in [9.17, 15) is 9.90 Å². The number of carbonyl (C=O) groups excluding carboxylic acids is 1. The molecule has 0 spiro atoms. The molecule has 2 rings (SSSR count). The van der Waals surface area contributed by atoms with Crippen LogP contribution < -0.4 is 5.32 Å². The maximum absolute atomic E-state index is 12.2. The molecule has 0 aliphatic carbocycles. The molecule has 2 N–H and O–H groups in total. The van der Waals surface area contributed by atoms with Crippen molar-refractivity contribution in [3.8, 4) is 0 Å². The zero-order valence-corrected chi connectivity index (χ0v) is 14.3. The molecule has 0 bridgehead atoms. The Labute approximate surface area is 139 Å². The third-order valence-corrected chi connectivity index (χ3v) is 4.77. The second-order valence-corrected chi connectivity index (χ2v) is 7.03. The van der Waals surface area contributed by atoms with E-state index in [4.69, 9.17) is 11.6 Å². The topological polar surface area (TPSA) is 62.2 Å². The van der Waals surface area contributed by atoms with Crippen molar-refractivity contribution in [2.24, 2.45) is 0 Å². The zero-order chi connectivity index (χ0) is 16.3. The van der Waals surface area contributed by atoms with Crippen LogP contribution in [0.3, 0.4) is 0 Å². The number of hydrogen-bond donors (Lipinski definition) is 2. The summed E-state index contributed by atoms with van der Waals surface area (Å²) in [6.07, 6.45) is -0.860. The van der Waals surface area contributed by atoms with Crippen LogP contribution in [0.5, 0.6) is 0 Å². The second-order valence-electron chi connectivity index (χ2n) is 5.74. The number of hydrogen-bond acceptors (Lipinski definition) is 4. The van der Waals surface area contributed by atoms with Crippen LogP contribution >= 0.6 is 22.9 Å². The molecule has 1 heterocycles. The van der Waals surface area contributed by atoms with E-state index in [-0.39, 0.29) is 12.3 Å². The summed E-state index contributed by atoms with van der Waals surface area (Å²) >= 11 is 7.32. The molecule has 0 aliphatic heterocycles. The minimum absolute atomic E-state index is 0.00454. The van der Waals surface area contributed by atoms with E-state index in [0.29, 0.717) is 10.6 Å².